The summed E-state index contributed by atoms with van der Waals surface area (Å²) in [7, 11) is 0. The molecule has 22 heavy (non-hydrogen) atoms. The predicted molar refractivity (Wildman–Crippen MR) is 78.6 cm³/mol. The first-order valence-electron chi connectivity index (χ1n) is 6.52. The highest BCUT2D eigenvalue weighted by atomic mass is 16.5. The number of ether oxygens (including phenoxy) is 1. The molecule has 1 heterocycles. The Morgan fingerprint density at radius 3 is 2.41 bits per heavy atom. The molecule has 0 aliphatic rings. The Balaban J connectivity index is 2.18. The Labute approximate surface area is 127 Å². The summed E-state index contributed by atoms with van der Waals surface area (Å²) >= 11 is 0. The minimum absolute atomic E-state index is 0.131. The number of furan rings is 1. The number of nitrogens with zero attached hydrogens (tertiary/aromatic N) is 1. The maximum Gasteiger partial charge on any atom is 0.308 e. The number of rotatable bonds is 3. The maximum atomic E-state index is 12.1. The van der Waals surface area contributed by atoms with Crippen molar-refractivity contribution >= 4 is 17.8 Å². The van der Waals surface area contributed by atoms with Crippen LogP contribution in [0.3, 0.4) is 0 Å². The number of carbonyl (C=O) groups is 2. The average Bonchev–Trinajstić information content (AvgIpc) is 2.73. The molecule has 0 saturated carbocycles. The molecule has 1 aromatic heterocycles. The highest BCUT2D eigenvalue weighted by Gasteiger charge is 2.17. The molecule has 112 valence electrons. The van der Waals surface area contributed by atoms with Crippen molar-refractivity contribution in [3.63, 3.8) is 0 Å². The van der Waals surface area contributed by atoms with Gasteiger partial charge < -0.3 is 9.15 Å². The van der Waals surface area contributed by atoms with Gasteiger partial charge in [0.2, 0.25) is 5.88 Å². The number of anilines is 1. The molecule has 6 heteroatoms. The molecule has 1 amide bonds. The molecule has 0 saturated heterocycles. The van der Waals surface area contributed by atoms with Crippen LogP contribution in [-0.4, -0.2) is 11.9 Å². The van der Waals surface area contributed by atoms with Crippen molar-refractivity contribution in [3.05, 3.63) is 46.7 Å². The second-order valence-corrected chi connectivity index (χ2v) is 4.67. The second kappa shape index (κ2) is 6.14. The minimum atomic E-state index is -0.433. The molecular formula is C16H14N2O4. The molecule has 0 aliphatic heterocycles. The number of hydrogen-bond acceptors (Lipinski definition) is 5. The molecule has 0 bridgehead atoms. The van der Waals surface area contributed by atoms with Gasteiger partial charge in [-0.1, -0.05) is 0 Å². The van der Waals surface area contributed by atoms with Crippen LogP contribution in [0.5, 0.6) is 5.75 Å². The van der Waals surface area contributed by atoms with Gasteiger partial charge in [0.25, 0.3) is 5.91 Å². The average molecular weight is 298 g/mol. The minimum Gasteiger partial charge on any atom is -0.444 e. The molecule has 0 aliphatic carbocycles. The third kappa shape index (κ3) is 3.15. The number of nitrogens with one attached hydrogen (secondary N) is 1. The summed E-state index contributed by atoms with van der Waals surface area (Å²) in [6.45, 7) is 4.77. The van der Waals surface area contributed by atoms with E-state index in [1.807, 2.05) is 6.07 Å². The summed E-state index contributed by atoms with van der Waals surface area (Å²) in [4.78, 5) is 23.0. The summed E-state index contributed by atoms with van der Waals surface area (Å²) in [6, 6.07) is 8.07. The third-order valence-corrected chi connectivity index (χ3v) is 3.10. The van der Waals surface area contributed by atoms with Gasteiger partial charge in [0.15, 0.2) is 0 Å². The molecule has 0 fully saturated rings. The van der Waals surface area contributed by atoms with Gasteiger partial charge in [-0.15, -0.1) is 0 Å². The van der Waals surface area contributed by atoms with Gasteiger partial charge in [0.05, 0.1) is 0 Å². The number of hydrogen-bond donors (Lipinski definition) is 1. The van der Waals surface area contributed by atoms with E-state index in [9.17, 15) is 9.59 Å². The normalized spacial score (nSPS) is 9.91. The molecule has 0 unspecified atom stereocenters. The second-order valence-electron chi connectivity index (χ2n) is 4.67. The Morgan fingerprint density at radius 1 is 1.23 bits per heavy atom. The van der Waals surface area contributed by atoms with Crippen LogP contribution in [0.4, 0.5) is 5.88 Å². The van der Waals surface area contributed by atoms with Crippen molar-refractivity contribution in [3.8, 4) is 11.8 Å². The SMILES string of the molecule is CC(=O)Oc1ccc(C(=O)Nc2oc(C)c(C)c2C#N)cc1. The molecule has 0 radical (unpaired) electrons. The summed E-state index contributed by atoms with van der Waals surface area (Å²) in [5.41, 5.74) is 1.36. The van der Waals surface area contributed by atoms with Crippen LogP contribution in [0.1, 0.15) is 34.2 Å². The zero-order valence-electron chi connectivity index (χ0n) is 12.4. The van der Waals surface area contributed by atoms with E-state index in [-0.39, 0.29) is 5.88 Å². The number of aryl methyl sites for hydroxylation is 1. The zero-order valence-corrected chi connectivity index (χ0v) is 12.4. The lowest BCUT2D eigenvalue weighted by atomic mass is 10.1. The van der Waals surface area contributed by atoms with Crippen molar-refractivity contribution in [1.29, 1.82) is 5.26 Å². The van der Waals surface area contributed by atoms with Crippen LogP contribution in [-0.2, 0) is 4.79 Å². The van der Waals surface area contributed by atoms with Gasteiger partial charge in [-0.2, -0.15) is 5.26 Å². The van der Waals surface area contributed by atoms with E-state index in [4.69, 9.17) is 14.4 Å². The number of carbonyl (C=O) groups excluding carboxylic acids is 2. The summed E-state index contributed by atoms with van der Waals surface area (Å²) in [5, 5.41) is 11.7. The Kier molecular flexibility index (Phi) is 4.28. The van der Waals surface area contributed by atoms with E-state index >= 15 is 0 Å². The lowest BCUT2D eigenvalue weighted by Crippen LogP contribution is -2.12. The van der Waals surface area contributed by atoms with Crippen molar-refractivity contribution in [2.45, 2.75) is 20.8 Å². The van der Waals surface area contributed by atoms with Crippen LogP contribution >= 0.6 is 0 Å². The fourth-order valence-corrected chi connectivity index (χ4v) is 1.87. The monoisotopic (exact) mass is 298 g/mol. The van der Waals surface area contributed by atoms with E-state index in [1.165, 1.54) is 31.2 Å². The first kappa shape index (κ1) is 15.3. The highest BCUT2D eigenvalue weighted by molar-refractivity contribution is 6.04. The quantitative estimate of drug-likeness (QED) is 0.694. The lowest BCUT2D eigenvalue weighted by molar-refractivity contribution is -0.131. The smallest absolute Gasteiger partial charge is 0.308 e. The van der Waals surface area contributed by atoms with E-state index in [0.717, 1.165) is 0 Å². The molecule has 1 N–H and O–H groups in total. The lowest BCUT2D eigenvalue weighted by Gasteiger charge is -2.04. The van der Waals surface area contributed by atoms with Crippen LogP contribution in [0, 0.1) is 25.2 Å². The van der Waals surface area contributed by atoms with Gasteiger partial charge in [-0.05, 0) is 38.1 Å². The van der Waals surface area contributed by atoms with Gasteiger partial charge in [-0.25, -0.2) is 0 Å². The zero-order chi connectivity index (χ0) is 16.3. The largest absolute Gasteiger partial charge is 0.444 e. The molecule has 2 aromatic rings. The van der Waals surface area contributed by atoms with Crippen LogP contribution in [0.2, 0.25) is 0 Å². The molecule has 0 spiro atoms. The highest BCUT2D eigenvalue weighted by Crippen LogP contribution is 2.26. The van der Waals surface area contributed by atoms with Gasteiger partial charge >= 0.3 is 5.97 Å². The van der Waals surface area contributed by atoms with Crippen molar-refractivity contribution in [2.24, 2.45) is 0 Å². The summed E-state index contributed by atoms with van der Waals surface area (Å²) in [5.74, 6) is 0.215. The topological polar surface area (TPSA) is 92.3 Å². The van der Waals surface area contributed by atoms with Crippen LogP contribution < -0.4 is 10.1 Å². The van der Waals surface area contributed by atoms with Crippen molar-refractivity contribution < 1.29 is 18.7 Å². The predicted octanol–water partition coefficient (Wildman–Crippen LogP) is 2.95. The van der Waals surface area contributed by atoms with E-state index in [1.54, 1.807) is 13.8 Å². The van der Waals surface area contributed by atoms with E-state index in [0.29, 0.717) is 28.2 Å². The first-order valence-corrected chi connectivity index (χ1v) is 6.52. The Hall–Kier alpha value is -3.07. The van der Waals surface area contributed by atoms with Gasteiger partial charge in [0.1, 0.15) is 23.1 Å². The molecule has 1 aromatic carbocycles. The molecule has 6 nitrogen and oxygen atoms in total. The Bertz CT molecular complexity index is 767. The maximum absolute atomic E-state index is 12.1. The standard InChI is InChI=1S/C16H14N2O4/c1-9-10(2)21-16(14(9)8-17)18-15(20)12-4-6-13(7-5-12)22-11(3)19/h4-7H,1-3H3,(H,18,20). The first-order chi connectivity index (χ1) is 10.4. The molecular weight excluding hydrogens is 284 g/mol. The van der Waals surface area contributed by atoms with Gasteiger partial charge in [0, 0.05) is 18.1 Å². The number of esters is 1. The number of benzene rings is 1. The van der Waals surface area contributed by atoms with Crippen LogP contribution in [0.25, 0.3) is 0 Å². The van der Waals surface area contributed by atoms with Crippen molar-refractivity contribution in [2.75, 3.05) is 5.32 Å². The Morgan fingerprint density at radius 2 is 1.86 bits per heavy atom. The fourth-order valence-electron chi connectivity index (χ4n) is 1.87. The fraction of sp³-hybridized carbons (Fsp3) is 0.188. The summed E-state index contributed by atoms with van der Waals surface area (Å²) in [6.07, 6.45) is 0. The summed E-state index contributed by atoms with van der Waals surface area (Å²) < 4.78 is 10.3. The number of amides is 1. The molecule has 0 atom stereocenters. The van der Waals surface area contributed by atoms with E-state index in [2.05, 4.69) is 5.32 Å². The van der Waals surface area contributed by atoms with Gasteiger partial charge in [-0.3, -0.25) is 14.9 Å². The van der Waals surface area contributed by atoms with Crippen molar-refractivity contribution in [1.82, 2.24) is 0 Å². The number of nitriles is 1. The molecule has 2 rings (SSSR count). The van der Waals surface area contributed by atoms with Crippen LogP contribution in [0.15, 0.2) is 28.7 Å². The third-order valence-electron chi connectivity index (χ3n) is 3.10. The van der Waals surface area contributed by atoms with E-state index < -0.39 is 11.9 Å².